The molecule has 27 heavy (non-hydrogen) atoms. The van der Waals surface area contributed by atoms with Crippen LogP contribution in [-0.4, -0.2) is 21.4 Å². The average molecular weight is 361 g/mol. The molecule has 2 aromatic heterocycles. The Labute approximate surface area is 158 Å². The van der Waals surface area contributed by atoms with E-state index < -0.39 is 0 Å². The molecular weight excluding hydrogens is 338 g/mol. The van der Waals surface area contributed by atoms with E-state index in [4.69, 9.17) is 9.40 Å². The monoisotopic (exact) mass is 361 g/mol. The fourth-order valence-electron chi connectivity index (χ4n) is 4.07. The summed E-state index contributed by atoms with van der Waals surface area (Å²) >= 11 is 0. The second-order valence-electron chi connectivity index (χ2n) is 7.98. The van der Waals surface area contributed by atoms with Gasteiger partial charge in [0.2, 0.25) is 0 Å². The Morgan fingerprint density at radius 3 is 2.93 bits per heavy atom. The van der Waals surface area contributed by atoms with Gasteiger partial charge in [-0.3, -0.25) is 9.69 Å². The highest BCUT2D eigenvalue weighted by Crippen LogP contribution is 2.38. The lowest BCUT2D eigenvalue weighted by atomic mass is 10.0. The lowest BCUT2D eigenvalue weighted by Crippen LogP contribution is -2.32. The molecule has 3 aromatic rings. The van der Waals surface area contributed by atoms with Crippen LogP contribution in [0.3, 0.4) is 0 Å². The van der Waals surface area contributed by atoms with Crippen LogP contribution in [0.25, 0.3) is 11.0 Å². The molecular formula is C22H23N3O2. The van der Waals surface area contributed by atoms with E-state index >= 15 is 0 Å². The molecule has 0 atom stereocenters. The third-order valence-electron chi connectivity index (χ3n) is 5.66. The predicted octanol–water partition coefficient (Wildman–Crippen LogP) is 3.64. The van der Waals surface area contributed by atoms with Gasteiger partial charge in [-0.2, -0.15) is 0 Å². The van der Waals surface area contributed by atoms with E-state index in [-0.39, 0.29) is 5.43 Å². The summed E-state index contributed by atoms with van der Waals surface area (Å²) in [5.74, 6) is 1.60. The van der Waals surface area contributed by atoms with Gasteiger partial charge in [0, 0.05) is 55.0 Å². The van der Waals surface area contributed by atoms with Gasteiger partial charge >= 0.3 is 0 Å². The first-order valence-electron chi connectivity index (χ1n) is 9.67. The fourth-order valence-corrected chi connectivity index (χ4v) is 4.07. The molecule has 1 saturated carbocycles. The van der Waals surface area contributed by atoms with E-state index in [1.807, 2.05) is 32.2 Å². The van der Waals surface area contributed by atoms with E-state index in [1.54, 1.807) is 6.26 Å². The molecule has 0 radical (unpaired) electrons. The Morgan fingerprint density at radius 2 is 2.11 bits per heavy atom. The summed E-state index contributed by atoms with van der Waals surface area (Å²) in [5.41, 5.74) is 5.92. The normalized spacial score (nSPS) is 17.3. The van der Waals surface area contributed by atoms with Gasteiger partial charge in [0.1, 0.15) is 11.4 Å². The van der Waals surface area contributed by atoms with Crippen molar-refractivity contribution in [2.24, 2.45) is 0 Å². The van der Waals surface area contributed by atoms with Crippen molar-refractivity contribution in [2.45, 2.75) is 52.1 Å². The van der Waals surface area contributed by atoms with Gasteiger partial charge in [0.15, 0.2) is 5.43 Å². The second kappa shape index (κ2) is 6.27. The third-order valence-corrected chi connectivity index (χ3v) is 5.66. The Bertz CT molecular complexity index is 1100. The summed E-state index contributed by atoms with van der Waals surface area (Å²) in [5, 5.41) is 0.702. The molecule has 1 fully saturated rings. The zero-order valence-electron chi connectivity index (χ0n) is 15.8. The van der Waals surface area contributed by atoms with Crippen molar-refractivity contribution in [3.8, 4) is 0 Å². The topological polar surface area (TPSA) is 59.2 Å². The first-order valence-corrected chi connectivity index (χ1v) is 9.67. The third kappa shape index (κ3) is 3.06. The lowest BCUT2D eigenvalue weighted by Gasteiger charge is -2.27. The van der Waals surface area contributed by atoms with Crippen LogP contribution in [0.4, 0.5) is 0 Å². The summed E-state index contributed by atoms with van der Waals surface area (Å²) in [6.45, 7) is 6.27. The van der Waals surface area contributed by atoms with Gasteiger partial charge in [-0.1, -0.05) is 6.07 Å². The maximum absolute atomic E-state index is 13.0. The molecule has 5 heteroatoms. The predicted molar refractivity (Wildman–Crippen MR) is 104 cm³/mol. The van der Waals surface area contributed by atoms with Crippen molar-refractivity contribution in [3.05, 3.63) is 68.6 Å². The highest BCUT2D eigenvalue weighted by atomic mass is 16.3. The van der Waals surface area contributed by atoms with E-state index in [0.29, 0.717) is 29.0 Å². The Kier molecular flexibility index (Phi) is 3.86. The van der Waals surface area contributed by atoms with Crippen LogP contribution in [0.15, 0.2) is 33.8 Å². The van der Waals surface area contributed by atoms with Crippen molar-refractivity contribution in [2.75, 3.05) is 6.54 Å². The SMILES string of the molecule is Cc1cc(C)c2c(=O)c(CN3CCc4nc(C5CC5)ncc4C3)coc2c1. The maximum atomic E-state index is 13.0. The number of aryl methyl sites for hydroxylation is 2. The van der Waals surface area contributed by atoms with Crippen LogP contribution in [0.1, 0.15) is 52.5 Å². The van der Waals surface area contributed by atoms with Crippen LogP contribution < -0.4 is 5.43 Å². The van der Waals surface area contributed by atoms with Gasteiger partial charge in [-0.15, -0.1) is 0 Å². The minimum Gasteiger partial charge on any atom is -0.464 e. The second-order valence-corrected chi connectivity index (χ2v) is 7.98. The van der Waals surface area contributed by atoms with Crippen LogP contribution in [-0.2, 0) is 19.5 Å². The number of nitrogens with zero attached hydrogens (tertiary/aromatic N) is 3. The summed E-state index contributed by atoms with van der Waals surface area (Å²) < 4.78 is 5.79. The van der Waals surface area contributed by atoms with Gasteiger partial charge in [-0.25, -0.2) is 9.97 Å². The number of fused-ring (bicyclic) bond motifs is 2. The zero-order chi connectivity index (χ0) is 18.5. The molecule has 138 valence electrons. The Hall–Kier alpha value is -2.53. The number of hydrogen-bond acceptors (Lipinski definition) is 5. The van der Waals surface area contributed by atoms with Gasteiger partial charge < -0.3 is 4.42 Å². The highest BCUT2D eigenvalue weighted by molar-refractivity contribution is 5.81. The zero-order valence-corrected chi connectivity index (χ0v) is 15.8. The summed E-state index contributed by atoms with van der Waals surface area (Å²) in [7, 11) is 0. The van der Waals surface area contributed by atoms with Crippen molar-refractivity contribution in [1.29, 1.82) is 0 Å². The summed E-state index contributed by atoms with van der Waals surface area (Å²) in [6.07, 6.45) is 6.97. The number of rotatable bonds is 3. The first-order chi connectivity index (χ1) is 13.1. The highest BCUT2D eigenvalue weighted by Gasteiger charge is 2.28. The molecule has 0 bridgehead atoms. The number of hydrogen-bond donors (Lipinski definition) is 0. The van der Waals surface area contributed by atoms with E-state index in [0.717, 1.165) is 36.5 Å². The van der Waals surface area contributed by atoms with Crippen LogP contribution >= 0.6 is 0 Å². The summed E-state index contributed by atoms with van der Waals surface area (Å²) in [4.78, 5) is 24.6. The molecule has 0 amide bonds. The Morgan fingerprint density at radius 1 is 1.26 bits per heavy atom. The first kappa shape index (κ1) is 16.6. The smallest absolute Gasteiger partial charge is 0.197 e. The quantitative estimate of drug-likeness (QED) is 0.713. The number of aromatic nitrogens is 2. The fraction of sp³-hybridized carbons (Fsp3) is 0.409. The number of benzene rings is 1. The van der Waals surface area contributed by atoms with Crippen LogP contribution in [0.2, 0.25) is 0 Å². The standard InChI is InChI=1S/C22H23N3O2/c1-13-7-14(2)20-19(8-13)27-12-17(21(20)26)11-25-6-5-18-16(10-25)9-23-22(24-18)15-3-4-15/h7-9,12,15H,3-6,10-11H2,1-2H3. The minimum atomic E-state index is 0.0832. The average Bonchev–Trinajstić information content (AvgIpc) is 3.48. The van der Waals surface area contributed by atoms with E-state index in [2.05, 4.69) is 9.88 Å². The molecule has 0 spiro atoms. The molecule has 0 N–H and O–H groups in total. The molecule has 1 aliphatic carbocycles. The van der Waals surface area contributed by atoms with Crippen molar-refractivity contribution in [3.63, 3.8) is 0 Å². The minimum absolute atomic E-state index is 0.0832. The van der Waals surface area contributed by atoms with E-state index in [9.17, 15) is 4.79 Å². The molecule has 5 rings (SSSR count). The van der Waals surface area contributed by atoms with Crippen molar-refractivity contribution < 1.29 is 4.42 Å². The molecule has 5 nitrogen and oxygen atoms in total. The van der Waals surface area contributed by atoms with Crippen molar-refractivity contribution in [1.82, 2.24) is 14.9 Å². The van der Waals surface area contributed by atoms with Gasteiger partial charge in [0.25, 0.3) is 0 Å². The molecule has 1 aromatic carbocycles. The lowest BCUT2D eigenvalue weighted by molar-refractivity contribution is 0.240. The maximum Gasteiger partial charge on any atom is 0.197 e. The molecule has 0 saturated heterocycles. The van der Waals surface area contributed by atoms with E-state index in [1.165, 1.54) is 24.1 Å². The molecule has 2 aliphatic rings. The Balaban J connectivity index is 1.41. The molecule has 1 aliphatic heterocycles. The molecule has 0 unspecified atom stereocenters. The van der Waals surface area contributed by atoms with Crippen LogP contribution in [0.5, 0.6) is 0 Å². The van der Waals surface area contributed by atoms with Crippen molar-refractivity contribution >= 4 is 11.0 Å². The van der Waals surface area contributed by atoms with Gasteiger partial charge in [0.05, 0.1) is 11.6 Å². The summed E-state index contributed by atoms with van der Waals surface area (Å²) in [6, 6.07) is 3.97. The largest absolute Gasteiger partial charge is 0.464 e. The molecule has 3 heterocycles. The van der Waals surface area contributed by atoms with Gasteiger partial charge in [-0.05, 0) is 43.9 Å². The van der Waals surface area contributed by atoms with Crippen LogP contribution in [0, 0.1) is 13.8 Å².